The lowest BCUT2D eigenvalue weighted by Gasteiger charge is -2.18. The van der Waals surface area contributed by atoms with Crippen LogP contribution in [0.1, 0.15) is 13.3 Å². The summed E-state index contributed by atoms with van der Waals surface area (Å²) in [7, 11) is 1.85. The average molecular weight is 473 g/mol. The van der Waals surface area contributed by atoms with E-state index in [-0.39, 0.29) is 18.6 Å². The zero-order valence-electron chi connectivity index (χ0n) is 11.3. The Morgan fingerprint density at radius 1 is 1.35 bits per heavy atom. The minimum atomic E-state index is -0.352. The van der Waals surface area contributed by atoms with Gasteiger partial charge in [0.05, 0.1) is 18.3 Å². The molecule has 0 bridgehead atoms. The Labute approximate surface area is 144 Å². The summed E-state index contributed by atoms with van der Waals surface area (Å²) in [5.74, 6) is -0.0955. The molecule has 0 aromatic heterocycles. The first-order valence-corrected chi connectivity index (χ1v) is 8.48. The van der Waals surface area contributed by atoms with Crippen molar-refractivity contribution >= 4 is 59.4 Å². The highest BCUT2D eigenvalue weighted by Gasteiger charge is 2.12. The van der Waals surface area contributed by atoms with Gasteiger partial charge in [-0.25, -0.2) is 0 Å². The summed E-state index contributed by atoms with van der Waals surface area (Å²) in [5, 5.41) is 12.1. The largest absolute Gasteiger partial charge is 0.393 e. The molecule has 0 aliphatic heterocycles. The molecule has 0 spiro atoms. The van der Waals surface area contributed by atoms with E-state index < -0.39 is 0 Å². The molecule has 0 aliphatic carbocycles. The van der Waals surface area contributed by atoms with Crippen LogP contribution in [-0.2, 0) is 4.79 Å². The number of hydrogen-bond acceptors (Lipinski definition) is 3. The number of hydrogen-bond donors (Lipinski definition) is 2. The molecule has 0 fully saturated rings. The van der Waals surface area contributed by atoms with Gasteiger partial charge >= 0.3 is 0 Å². The van der Waals surface area contributed by atoms with E-state index in [9.17, 15) is 9.90 Å². The Morgan fingerprint density at radius 3 is 2.40 bits per heavy atom. The zero-order valence-corrected chi connectivity index (χ0v) is 16.0. The second-order valence-electron chi connectivity index (χ2n) is 4.67. The minimum absolute atomic E-state index is 0.0955. The van der Waals surface area contributed by atoms with Gasteiger partial charge in [-0.05, 0) is 64.4 Å². The number of carbonyl (C=O) groups is 1. The fourth-order valence-corrected chi connectivity index (χ4v) is 4.03. The van der Waals surface area contributed by atoms with Crippen LogP contribution in [0.4, 0.5) is 5.69 Å². The van der Waals surface area contributed by atoms with Crippen LogP contribution in [0.15, 0.2) is 25.6 Å². The third kappa shape index (κ3) is 6.22. The second kappa shape index (κ2) is 8.48. The van der Waals surface area contributed by atoms with E-state index in [2.05, 4.69) is 53.1 Å². The topological polar surface area (TPSA) is 52.6 Å². The van der Waals surface area contributed by atoms with Crippen molar-refractivity contribution in [1.82, 2.24) is 4.90 Å². The van der Waals surface area contributed by atoms with Crippen LogP contribution in [0.5, 0.6) is 0 Å². The molecule has 112 valence electrons. The number of aliphatic hydroxyl groups is 1. The van der Waals surface area contributed by atoms with Gasteiger partial charge in [-0.1, -0.05) is 15.9 Å². The fourth-order valence-electron chi connectivity index (χ4n) is 1.57. The van der Waals surface area contributed by atoms with Gasteiger partial charge in [-0.2, -0.15) is 0 Å². The Bertz CT molecular complexity index is 458. The van der Waals surface area contributed by atoms with E-state index in [0.717, 1.165) is 13.4 Å². The van der Waals surface area contributed by atoms with E-state index in [0.29, 0.717) is 18.7 Å². The summed E-state index contributed by atoms with van der Waals surface area (Å²) in [6.07, 6.45) is 0.297. The first kappa shape index (κ1) is 18.1. The zero-order chi connectivity index (χ0) is 15.3. The highest BCUT2D eigenvalue weighted by atomic mass is 79.9. The minimum Gasteiger partial charge on any atom is -0.393 e. The van der Waals surface area contributed by atoms with Crippen molar-refractivity contribution < 1.29 is 9.90 Å². The lowest BCUT2D eigenvalue weighted by molar-refractivity contribution is -0.117. The molecule has 0 aliphatic rings. The van der Waals surface area contributed by atoms with Crippen molar-refractivity contribution in [2.45, 2.75) is 19.4 Å². The van der Waals surface area contributed by atoms with E-state index >= 15 is 0 Å². The maximum absolute atomic E-state index is 12.0. The lowest BCUT2D eigenvalue weighted by atomic mass is 10.2. The third-order valence-corrected chi connectivity index (χ3v) is 4.32. The third-order valence-electron chi connectivity index (χ3n) is 2.61. The maximum atomic E-state index is 12.0. The molecule has 1 amide bonds. The Kier molecular flexibility index (Phi) is 7.68. The number of anilines is 1. The van der Waals surface area contributed by atoms with Crippen molar-refractivity contribution in [3.05, 3.63) is 25.6 Å². The van der Waals surface area contributed by atoms with Gasteiger partial charge in [-0.3, -0.25) is 9.69 Å². The molecule has 0 heterocycles. The molecule has 1 aromatic carbocycles. The number of nitrogens with one attached hydrogen (secondary N) is 1. The van der Waals surface area contributed by atoms with Gasteiger partial charge in [0.25, 0.3) is 0 Å². The molecular weight excluding hydrogens is 456 g/mol. The molecule has 1 unspecified atom stereocenters. The summed E-state index contributed by atoms with van der Waals surface area (Å²) in [4.78, 5) is 13.9. The SMILES string of the molecule is CC(O)CCN(C)CC(=O)Nc1c(Br)cc(Br)cc1Br. The number of likely N-dealkylation sites (N-methyl/N-ethyl adjacent to an activating group) is 1. The monoisotopic (exact) mass is 470 g/mol. The summed E-state index contributed by atoms with van der Waals surface area (Å²) in [6, 6.07) is 3.75. The molecule has 0 saturated carbocycles. The predicted molar refractivity (Wildman–Crippen MR) is 92.0 cm³/mol. The lowest BCUT2D eigenvalue weighted by Crippen LogP contribution is -2.32. The van der Waals surface area contributed by atoms with Crippen molar-refractivity contribution in [1.29, 1.82) is 0 Å². The van der Waals surface area contributed by atoms with Gasteiger partial charge in [0.1, 0.15) is 0 Å². The van der Waals surface area contributed by atoms with E-state index in [1.54, 1.807) is 6.92 Å². The van der Waals surface area contributed by atoms with Crippen molar-refractivity contribution in [3.8, 4) is 0 Å². The van der Waals surface area contributed by atoms with Gasteiger partial charge in [0.15, 0.2) is 0 Å². The van der Waals surface area contributed by atoms with Crippen LogP contribution in [0.3, 0.4) is 0 Å². The first-order chi connectivity index (χ1) is 9.29. The average Bonchev–Trinajstić information content (AvgIpc) is 2.31. The fraction of sp³-hybridized carbons (Fsp3) is 0.462. The van der Waals surface area contributed by atoms with Crippen molar-refractivity contribution in [3.63, 3.8) is 0 Å². The number of rotatable bonds is 6. The smallest absolute Gasteiger partial charge is 0.238 e. The van der Waals surface area contributed by atoms with Crippen LogP contribution in [0.2, 0.25) is 0 Å². The van der Waals surface area contributed by atoms with E-state index in [1.165, 1.54) is 0 Å². The van der Waals surface area contributed by atoms with Gasteiger partial charge < -0.3 is 10.4 Å². The van der Waals surface area contributed by atoms with Crippen molar-refractivity contribution in [2.75, 3.05) is 25.5 Å². The summed E-state index contributed by atoms with van der Waals surface area (Å²) >= 11 is 10.2. The molecule has 1 atom stereocenters. The Balaban J connectivity index is 2.59. The van der Waals surface area contributed by atoms with E-state index in [4.69, 9.17) is 0 Å². The van der Waals surface area contributed by atoms with Gasteiger partial charge in [-0.15, -0.1) is 0 Å². The summed E-state index contributed by atoms with van der Waals surface area (Å²) in [5.41, 5.74) is 0.710. The molecular formula is C13H17Br3N2O2. The first-order valence-electron chi connectivity index (χ1n) is 6.10. The normalized spacial score (nSPS) is 12.6. The quantitative estimate of drug-likeness (QED) is 0.665. The predicted octanol–water partition coefficient (Wildman–Crippen LogP) is 3.62. The molecule has 0 radical (unpaired) electrons. The van der Waals surface area contributed by atoms with Gasteiger partial charge in [0, 0.05) is 20.0 Å². The van der Waals surface area contributed by atoms with Crippen molar-refractivity contribution in [2.24, 2.45) is 0 Å². The van der Waals surface area contributed by atoms with Crippen LogP contribution in [0.25, 0.3) is 0 Å². The van der Waals surface area contributed by atoms with Crippen LogP contribution < -0.4 is 5.32 Å². The number of benzene rings is 1. The number of amides is 1. The highest BCUT2D eigenvalue weighted by Crippen LogP contribution is 2.34. The molecule has 2 N–H and O–H groups in total. The highest BCUT2D eigenvalue weighted by molar-refractivity contribution is 9.11. The summed E-state index contributed by atoms with van der Waals surface area (Å²) in [6.45, 7) is 2.69. The second-order valence-corrected chi connectivity index (χ2v) is 7.29. The van der Waals surface area contributed by atoms with E-state index in [1.807, 2.05) is 24.1 Å². The molecule has 0 saturated heterocycles. The van der Waals surface area contributed by atoms with Gasteiger partial charge in [0.2, 0.25) is 5.91 Å². The molecule has 1 rings (SSSR count). The standard InChI is InChI=1S/C13H17Br3N2O2/c1-8(19)3-4-18(2)7-12(20)17-13-10(15)5-9(14)6-11(13)16/h5-6,8,19H,3-4,7H2,1-2H3,(H,17,20). The molecule has 4 nitrogen and oxygen atoms in total. The molecule has 1 aromatic rings. The Morgan fingerprint density at radius 2 is 1.90 bits per heavy atom. The molecule has 20 heavy (non-hydrogen) atoms. The summed E-state index contributed by atoms with van der Waals surface area (Å²) < 4.78 is 2.53. The number of aliphatic hydroxyl groups excluding tert-OH is 1. The van der Waals surface area contributed by atoms with Crippen LogP contribution in [0, 0.1) is 0 Å². The number of halogens is 3. The molecule has 7 heteroatoms. The maximum Gasteiger partial charge on any atom is 0.238 e. The number of nitrogens with zero attached hydrogens (tertiary/aromatic N) is 1. The van der Waals surface area contributed by atoms with Crippen LogP contribution >= 0.6 is 47.8 Å². The van der Waals surface area contributed by atoms with Crippen LogP contribution in [-0.4, -0.2) is 42.2 Å². The number of carbonyl (C=O) groups excluding carboxylic acids is 1. The Hall–Kier alpha value is 0.0500.